The number of aliphatic hydroxyl groups is 1. The monoisotopic (exact) mass is 231 g/mol. The van der Waals surface area contributed by atoms with Crippen molar-refractivity contribution in [2.45, 2.75) is 38.8 Å². The average Bonchev–Trinajstić information content (AvgIpc) is 2.23. The Balaban J connectivity index is 3.67. The molecule has 0 saturated carbocycles. The number of carbonyl (C=O) groups is 2. The SMILES string of the molecule is CNC(=O)NC(=O)C(C)NCCCC(C)O. The number of hydrogen-bond donors (Lipinski definition) is 4. The molecule has 0 fully saturated rings. The van der Waals surface area contributed by atoms with Crippen LogP contribution in [0, 0.1) is 0 Å². The third-order valence-corrected chi connectivity index (χ3v) is 2.11. The van der Waals surface area contributed by atoms with Gasteiger partial charge in [-0.05, 0) is 33.2 Å². The van der Waals surface area contributed by atoms with Crippen molar-refractivity contribution in [2.24, 2.45) is 0 Å². The number of rotatable bonds is 6. The summed E-state index contributed by atoms with van der Waals surface area (Å²) in [4.78, 5) is 22.2. The molecule has 6 heteroatoms. The summed E-state index contributed by atoms with van der Waals surface area (Å²) in [6.45, 7) is 4.04. The van der Waals surface area contributed by atoms with Gasteiger partial charge in [-0.3, -0.25) is 10.1 Å². The predicted octanol–water partition coefficient (Wildman–Crippen LogP) is -0.419. The van der Waals surface area contributed by atoms with E-state index in [1.165, 1.54) is 7.05 Å². The molecule has 6 nitrogen and oxygen atoms in total. The Hall–Kier alpha value is -1.14. The number of amides is 3. The number of nitrogens with one attached hydrogen (secondary N) is 3. The van der Waals surface area contributed by atoms with Crippen LogP contribution in [0.4, 0.5) is 4.79 Å². The van der Waals surface area contributed by atoms with Crippen LogP contribution in [0.3, 0.4) is 0 Å². The van der Waals surface area contributed by atoms with E-state index < -0.39 is 12.1 Å². The number of hydrogen-bond acceptors (Lipinski definition) is 4. The zero-order valence-corrected chi connectivity index (χ0v) is 10.0. The summed E-state index contributed by atoms with van der Waals surface area (Å²) in [5, 5.41) is 16.5. The molecule has 94 valence electrons. The van der Waals surface area contributed by atoms with Crippen LogP contribution in [0.15, 0.2) is 0 Å². The van der Waals surface area contributed by atoms with Crippen LogP contribution in [0.5, 0.6) is 0 Å². The summed E-state index contributed by atoms with van der Waals surface area (Å²) in [6, 6.07) is -0.936. The number of aliphatic hydroxyl groups excluding tert-OH is 1. The second-order valence-corrected chi connectivity index (χ2v) is 3.74. The van der Waals surface area contributed by atoms with Crippen LogP contribution in [0.25, 0.3) is 0 Å². The van der Waals surface area contributed by atoms with Crippen molar-refractivity contribution < 1.29 is 14.7 Å². The lowest BCUT2D eigenvalue weighted by atomic mass is 10.2. The largest absolute Gasteiger partial charge is 0.393 e. The van der Waals surface area contributed by atoms with Crippen molar-refractivity contribution >= 4 is 11.9 Å². The highest BCUT2D eigenvalue weighted by Gasteiger charge is 2.13. The molecule has 0 spiro atoms. The fourth-order valence-electron chi connectivity index (χ4n) is 1.09. The summed E-state index contributed by atoms with van der Waals surface area (Å²) in [6.07, 6.45) is 1.16. The molecule has 0 radical (unpaired) electrons. The van der Waals surface area contributed by atoms with Gasteiger partial charge in [0, 0.05) is 7.05 Å². The molecule has 4 N–H and O–H groups in total. The lowest BCUT2D eigenvalue weighted by molar-refractivity contribution is -0.121. The fourth-order valence-corrected chi connectivity index (χ4v) is 1.09. The first kappa shape index (κ1) is 14.9. The van der Waals surface area contributed by atoms with Crippen molar-refractivity contribution in [2.75, 3.05) is 13.6 Å². The van der Waals surface area contributed by atoms with E-state index in [-0.39, 0.29) is 12.0 Å². The number of carbonyl (C=O) groups excluding carboxylic acids is 2. The van der Waals surface area contributed by atoms with Crippen LogP contribution in [-0.4, -0.2) is 42.8 Å². The Labute approximate surface area is 95.8 Å². The lowest BCUT2D eigenvalue weighted by Crippen LogP contribution is -2.47. The quantitative estimate of drug-likeness (QED) is 0.467. The topological polar surface area (TPSA) is 90.5 Å². The molecule has 0 aliphatic carbocycles. The van der Waals surface area contributed by atoms with Crippen LogP contribution in [0.1, 0.15) is 26.7 Å². The second kappa shape index (κ2) is 8.06. The molecule has 3 amide bonds. The van der Waals surface area contributed by atoms with E-state index in [1.54, 1.807) is 13.8 Å². The minimum absolute atomic E-state index is 0.322. The van der Waals surface area contributed by atoms with Crippen molar-refractivity contribution in [3.05, 3.63) is 0 Å². The average molecular weight is 231 g/mol. The van der Waals surface area contributed by atoms with E-state index in [2.05, 4.69) is 16.0 Å². The fraction of sp³-hybridized carbons (Fsp3) is 0.800. The summed E-state index contributed by atoms with van der Waals surface area (Å²) >= 11 is 0. The van der Waals surface area contributed by atoms with Crippen LogP contribution < -0.4 is 16.0 Å². The maximum Gasteiger partial charge on any atom is 0.321 e. The highest BCUT2D eigenvalue weighted by Crippen LogP contribution is 1.94. The van der Waals surface area contributed by atoms with E-state index in [9.17, 15) is 9.59 Å². The number of urea groups is 1. The zero-order valence-electron chi connectivity index (χ0n) is 10.0. The second-order valence-electron chi connectivity index (χ2n) is 3.74. The van der Waals surface area contributed by atoms with Crippen LogP contribution >= 0.6 is 0 Å². The normalized spacial score (nSPS) is 14.0. The molecule has 0 aromatic rings. The van der Waals surface area contributed by atoms with Gasteiger partial charge in [-0.1, -0.05) is 0 Å². The van der Waals surface area contributed by atoms with E-state index in [4.69, 9.17) is 5.11 Å². The van der Waals surface area contributed by atoms with Gasteiger partial charge in [0.25, 0.3) is 0 Å². The van der Waals surface area contributed by atoms with Crippen molar-refractivity contribution in [3.8, 4) is 0 Å². The van der Waals surface area contributed by atoms with Gasteiger partial charge in [0.2, 0.25) is 5.91 Å². The third-order valence-electron chi connectivity index (χ3n) is 2.11. The molecule has 16 heavy (non-hydrogen) atoms. The lowest BCUT2D eigenvalue weighted by Gasteiger charge is -2.13. The Morgan fingerprint density at radius 2 is 1.94 bits per heavy atom. The van der Waals surface area contributed by atoms with Gasteiger partial charge in [0.15, 0.2) is 0 Å². The van der Waals surface area contributed by atoms with Gasteiger partial charge >= 0.3 is 6.03 Å². The first-order valence-corrected chi connectivity index (χ1v) is 5.41. The van der Waals surface area contributed by atoms with Gasteiger partial charge in [-0.25, -0.2) is 4.79 Å². The van der Waals surface area contributed by atoms with E-state index in [0.717, 1.165) is 6.42 Å². The number of imide groups is 1. The maximum atomic E-state index is 11.4. The Morgan fingerprint density at radius 1 is 1.31 bits per heavy atom. The van der Waals surface area contributed by atoms with Gasteiger partial charge in [0.05, 0.1) is 12.1 Å². The minimum atomic E-state index is -0.511. The highest BCUT2D eigenvalue weighted by molar-refractivity contribution is 5.96. The predicted molar refractivity (Wildman–Crippen MR) is 61.0 cm³/mol. The maximum absolute atomic E-state index is 11.4. The van der Waals surface area contributed by atoms with E-state index in [0.29, 0.717) is 13.0 Å². The smallest absolute Gasteiger partial charge is 0.321 e. The summed E-state index contributed by atoms with van der Waals surface area (Å²) in [7, 11) is 1.45. The minimum Gasteiger partial charge on any atom is -0.393 e. The van der Waals surface area contributed by atoms with Crippen molar-refractivity contribution in [1.82, 2.24) is 16.0 Å². The zero-order chi connectivity index (χ0) is 12.6. The van der Waals surface area contributed by atoms with Gasteiger partial charge in [-0.15, -0.1) is 0 Å². The van der Waals surface area contributed by atoms with Gasteiger partial charge in [0.1, 0.15) is 0 Å². The first-order chi connectivity index (χ1) is 7.47. The summed E-state index contributed by atoms with van der Waals surface area (Å²) < 4.78 is 0. The third kappa shape index (κ3) is 7.19. The van der Waals surface area contributed by atoms with Crippen molar-refractivity contribution in [3.63, 3.8) is 0 Å². The standard InChI is InChI=1S/C10H21N3O3/c1-7(14)5-4-6-12-8(2)9(15)13-10(16)11-3/h7-8,12,14H,4-6H2,1-3H3,(H2,11,13,15,16). The molecule has 0 bridgehead atoms. The highest BCUT2D eigenvalue weighted by atomic mass is 16.3. The molecule has 0 aliphatic rings. The molecule has 0 rings (SSSR count). The molecular formula is C10H21N3O3. The van der Waals surface area contributed by atoms with E-state index in [1.807, 2.05) is 0 Å². The molecule has 2 unspecified atom stereocenters. The Bertz CT molecular complexity index is 231. The molecule has 2 atom stereocenters. The Morgan fingerprint density at radius 3 is 2.44 bits per heavy atom. The van der Waals surface area contributed by atoms with Gasteiger partial charge in [-0.2, -0.15) is 0 Å². The van der Waals surface area contributed by atoms with Crippen molar-refractivity contribution in [1.29, 1.82) is 0 Å². The van der Waals surface area contributed by atoms with Crippen LogP contribution in [0.2, 0.25) is 0 Å². The molecule has 0 aromatic heterocycles. The molecule has 0 aliphatic heterocycles. The van der Waals surface area contributed by atoms with E-state index >= 15 is 0 Å². The summed E-state index contributed by atoms with van der Waals surface area (Å²) in [5.74, 6) is -0.364. The van der Waals surface area contributed by atoms with Crippen LogP contribution in [-0.2, 0) is 4.79 Å². The molecule has 0 saturated heterocycles. The summed E-state index contributed by atoms with van der Waals surface area (Å²) in [5.41, 5.74) is 0. The van der Waals surface area contributed by atoms with Gasteiger partial charge < -0.3 is 15.7 Å². The molecular weight excluding hydrogens is 210 g/mol. The first-order valence-electron chi connectivity index (χ1n) is 5.41. The molecule has 0 aromatic carbocycles. The Kier molecular flexibility index (Phi) is 7.49. The molecule has 0 heterocycles.